The van der Waals surface area contributed by atoms with E-state index in [0.29, 0.717) is 36.3 Å². The highest BCUT2D eigenvalue weighted by molar-refractivity contribution is 5.79. The molecule has 28 heavy (non-hydrogen) atoms. The summed E-state index contributed by atoms with van der Waals surface area (Å²) in [6.45, 7) is 2.81. The number of fused-ring (bicyclic) bond motifs is 1. The number of ether oxygens (including phenoxy) is 1. The van der Waals surface area contributed by atoms with Gasteiger partial charge in [0.25, 0.3) is 5.56 Å². The molecule has 1 N–H and O–H groups in total. The van der Waals surface area contributed by atoms with E-state index in [9.17, 15) is 9.59 Å². The predicted molar refractivity (Wildman–Crippen MR) is 109 cm³/mol. The van der Waals surface area contributed by atoms with Crippen LogP contribution in [-0.2, 0) is 11.3 Å². The SMILES string of the molecule is CCOc1cccc(C=Cc2nc3ccccc3c(=O)n2CCCC(=O)O)c1. The smallest absolute Gasteiger partial charge is 0.303 e. The average Bonchev–Trinajstić information content (AvgIpc) is 2.69. The number of rotatable bonds is 8. The Morgan fingerprint density at radius 3 is 2.79 bits per heavy atom. The fourth-order valence-electron chi connectivity index (χ4n) is 2.96. The molecule has 6 heteroatoms. The van der Waals surface area contributed by atoms with Crippen LogP contribution in [0.5, 0.6) is 5.75 Å². The Balaban J connectivity index is 1.99. The number of aliphatic carboxylic acids is 1. The molecule has 0 aliphatic rings. The second-order valence-corrected chi connectivity index (χ2v) is 6.28. The number of benzene rings is 2. The molecule has 0 radical (unpaired) electrons. The highest BCUT2D eigenvalue weighted by Gasteiger charge is 2.09. The minimum atomic E-state index is -0.883. The van der Waals surface area contributed by atoms with Crippen molar-refractivity contribution in [3.63, 3.8) is 0 Å². The zero-order valence-corrected chi connectivity index (χ0v) is 15.7. The van der Waals surface area contributed by atoms with E-state index in [-0.39, 0.29) is 12.0 Å². The Morgan fingerprint density at radius 1 is 1.18 bits per heavy atom. The largest absolute Gasteiger partial charge is 0.494 e. The molecule has 0 fully saturated rings. The van der Waals surface area contributed by atoms with Gasteiger partial charge >= 0.3 is 5.97 Å². The zero-order valence-electron chi connectivity index (χ0n) is 15.7. The molecular weight excluding hydrogens is 356 g/mol. The zero-order chi connectivity index (χ0) is 19.9. The quantitative estimate of drug-likeness (QED) is 0.644. The van der Waals surface area contributed by atoms with Gasteiger partial charge < -0.3 is 9.84 Å². The van der Waals surface area contributed by atoms with E-state index in [2.05, 4.69) is 4.98 Å². The number of nitrogens with zero attached hydrogens (tertiary/aromatic N) is 2. The number of hydrogen-bond acceptors (Lipinski definition) is 4. The van der Waals surface area contributed by atoms with Gasteiger partial charge in [-0.15, -0.1) is 0 Å². The first-order valence-corrected chi connectivity index (χ1v) is 9.21. The second-order valence-electron chi connectivity index (χ2n) is 6.28. The molecule has 144 valence electrons. The van der Waals surface area contributed by atoms with Crippen molar-refractivity contribution in [1.29, 1.82) is 0 Å². The summed E-state index contributed by atoms with van der Waals surface area (Å²) in [6, 6.07) is 14.8. The molecule has 0 saturated heterocycles. The lowest BCUT2D eigenvalue weighted by molar-refractivity contribution is -0.137. The Labute approximate surface area is 162 Å². The van der Waals surface area contributed by atoms with Crippen LogP contribution in [0, 0.1) is 0 Å². The highest BCUT2D eigenvalue weighted by atomic mass is 16.5. The molecule has 0 aliphatic heterocycles. The molecule has 3 rings (SSSR count). The third-order valence-corrected chi connectivity index (χ3v) is 4.26. The van der Waals surface area contributed by atoms with Crippen molar-refractivity contribution in [3.8, 4) is 5.75 Å². The van der Waals surface area contributed by atoms with Crippen LogP contribution in [0.15, 0.2) is 53.3 Å². The van der Waals surface area contributed by atoms with Crippen LogP contribution in [0.2, 0.25) is 0 Å². The molecular formula is C22H22N2O4. The van der Waals surface area contributed by atoms with Crippen molar-refractivity contribution in [2.75, 3.05) is 6.61 Å². The number of carboxylic acids is 1. The van der Waals surface area contributed by atoms with Crippen molar-refractivity contribution in [2.45, 2.75) is 26.3 Å². The molecule has 3 aromatic rings. The van der Waals surface area contributed by atoms with Gasteiger partial charge in [0, 0.05) is 13.0 Å². The number of hydrogen-bond donors (Lipinski definition) is 1. The van der Waals surface area contributed by atoms with Crippen LogP contribution in [0.1, 0.15) is 31.2 Å². The van der Waals surface area contributed by atoms with E-state index in [1.165, 1.54) is 4.57 Å². The minimum Gasteiger partial charge on any atom is -0.494 e. The molecule has 1 heterocycles. The molecule has 0 aliphatic carbocycles. The third kappa shape index (κ3) is 4.65. The molecule has 0 unspecified atom stereocenters. The Morgan fingerprint density at radius 2 is 2.00 bits per heavy atom. The first-order chi connectivity index (χ1) is 13.6. The van der Waals surface area contributed by atoms with Crippen molar-refractivity contribution in [3.05, 3.63) is 70.3 Å². The standard InChI is InChI=1S/C22H22N2O4/c1-2-28-17-8-5-7-16(15-17)12-13-20-23-19-10-4-3-9-18(19)22(27)24(20)14-6-11-21(25)26/h3-5,7-10,12-13,15H,2,6,11,14H2,1H3,(H,25,26). The van der Waals surface area contributed by atoms with Gasteiger partial charge in [-0.2, -0.15) is 0 Å². The van der Waals surface area contributed by atoms with Crippen LogP contribution in [-0.4, -0.2) is 27.2 Å². The Hall–Kier alpha value is -3.41. The molecule has 6 nitrogen and oxygen atoms in total. The van der Waals surface area contributed by atoms with E-state index < -0.39 is 5.97 Å². The lowest BCUT2D eigenvalue weighted by Crippen LogP contribution is -2.24. The third-order valence-electron chi connectivity index (χ3n) is 4.26. The van der Waals surface area contributed by atoms with Crippen molar-refractivity contribution >= 4 is 29.0 Å². The van der Waals surface area contributed by atoms with Gasteiger partial charge in [-0.25, -0.2) is 4.98 Å². The molecule has 0 amide bonds. The van der Waals surface area contributed by atoms with Crippen LogP contribution >= 0.6 is 0 Å². The number of para-hydroxylation sites is 1. The lowest BCUT2D eigenvalue weighted by atomic mass is 10.2. The summed E-state index contributed by atoms with van der Waals surface area (Å²) in [5.41, 5.74) is 1.37. The van der Waals surface area contributed by atoms with E-state index >= 15 is 0 Å². The first-order valence-electron chi connectivity index (χ1n) is 9.21. The van der Waals surface area contributed by atoms with Crippen LogP contribution < -0.4 is 10.3 Å². The maximum atomic E-state index is 12.9. The van der Waals surface area contributed by atoms with Crippen LogP contribution in [0.3, 0.4) is 0 Å². The van der Waals surface area contributed by atoms with E-state index in [0.717, 1.165) is 11.3 Å². The maximum absolute atomic E-state index is 12.9. The van der Waals surface area contributed by atoms with Crippen molar-refractivity contribution in [2.24, 2.45) is 0 Å². The summed E-state index contributed by atoms with van der Waals surface area (Å²) in [5, 5.41) is 9.42. The molecule has 0 spiro atoms. The van der Waals surface area contributed by atoms with Gasteiger partial charge in [-0.1, -0.05) is 30.3 Å². The normalized spacial score (nSPS) is 11.2. The summed E-state index contributed by atoms with van der Waals surface area (Å²) >= 11 is 0. The van der Waals surface area contributed by atoms with Gasteiger partial charge in [0.05, 0.1) is 17.5 Å². The van der Waals surface area contributed by atoms with Crippen molar-refractivity contribution < 1.29 is 14.6 Å². The summed E-state index contributed by atoms with van der Waals surface area (Å²) in [7, 11) is 0. The van der Waals surface area contributed by atoms with Gasteiger partial charge in [-0.3, -0.25) is 14.2 Å². The van der Waals surface area contributed by atoms with Crippen LogP contribution in [0.4, 0.5) is 0 Å². The van der Waals surface area contributed by atoms with E-state index in [1.807, 2.05) is 43.3 Å². The number of aromatic nitrogens is 2. The summed E-state index contributed by atoms with van der Waals surface area (Å²) in [4.78, 5) is 28.3. The van der Waals surface area contributed by atoms with Crippen LogP contribution in [0.25, 0.3) is 23.1 Å². The van der Waals surface area contributed by atoms with Gasteiger partial charge in [0.2, 0.25) is 0 Å². The summed E-state index contributed by atoms with van der Waals surface area (Å²) in [5.74, 6) is 0.387. The maximum Gasteiger partial charge on any atom is 0.303 e. The minimum absolute atomic E-state index is 0.00117. The molecule has 0 saturated carbocycles. The number of carbonyl (C=O) groups is 1. The fraction of sp³-hybridized carbons (Fsp3) is 0.227. The second kappa shape index (κ2) is 8.99. The summed E-state index contributed by atoms with van der Waals surface area (Å²) in [6.07, 6.45) is 4.00. The molecule has 1 aromatic heterocycles. The predicted octanol–water partition coefficient (Wildman–Crippen LogP) is 3.83. The highest BCUT2D eigenvalue weighted by Crippen LogP contribution is 2.16. The lowest BCUT2D eigenvalue weighted by Gasteiger charge is -2.11. The van der Waals surface area contributed by atoms with Gasteiger partial charge in [0.1, 0.15) is 11.6 Å². The van der Waals surface area contributed by atoms with Crippen molar-refractivity contribution in [1.82, 2.24) is 9.55 Å². The Bertz CT molecular complexity index is 1070. The molecule has 2 aromatic carbocycles. The summed E-state index contributed by atoms with van der Waals surface area (Å²) < 4.78 is 7.05. The average molecular weight is 378 g/mol. The van der Waals surface area contributed by atoms with Gasteiger partial charge in [0.15, 0.2) is 0 Å². The van der Waals surface area contributed by atoms with E-state index in [1.54, 1.807) is 24.3 Å². The monoisotopic (exact) mass is 378 g/mol. The van der Waals surface area contributed by atoms with Gasteiger partial charge in [-0.05, 0) is 49.2 Å². The first kappa shape index (κ1) is 19.4. The molecule has 0 bridgehead atoms. The number of carboxylic acid groups (broad SMARTS) is 1. The fourth-order valence-corrected chi connectivity index (χ4v) is 2.96. The topological polar surface area (TPSA) is 81.4 Å². The van der Waals surface area contributed by atoms with E-state index in [4.69, 9.17) is 9.84 Å². The Kier molecular flexibility index (Phi) is 6.22. The molecule has 0 atom stereocenters.